The molecule has 0 radical (unpaired) electrons. The van der Waals surface area contributed by atoms with E-state index in [1.165, 1.54) is 0 Å². The lowest BCUT2D eigenvalue weighted by atomic mass is 9.83. The summed E-state index contributed by atoms with van der Waals surface area (Å²) in [6.07, 6.45) is 4.75. The Morgan fingerprint density at radius 2 is 2.04 bits per heavy atom. The van der Waals surface area contributed by atoms with Gasteiger partial charge in [-0.25, -0.2) is 0 Å². The van der Waals surface area contributed by atoms with Crippen LogP contribution < -0.4 is 0 Å². The molecular weight excluding hydrogens is 296 g/mol. The maximum absolute atomic E-state index is 11.6. The number of allylic oxidation sites excluding steroid dienone is 1. The molecule has 1 aromatic carbocycles. The molecule has 5 heteroatoms. The highest BCUT2D eigenvalue weighted by atomic mass is 16.5. The van der Waals surface area contributed by atoms with Crippen LogP contribution in [0.2, 0.25) is 0 Å². The molecule has 2 unspecified atom stereocenters. The monoisotopic (exact) mass is 318 g/mol. The Bertz CT molecular complexity index is 566. The first-order chi connectivity index (χ1) is 11.0. The van der Waals surface area contributed by atoms with Crippen molar-refractivity contribution in [2.75, 3.05) is 6.61 Å². The zero-order valence-electron chi connectivity index (χ0n) is 13.2. The van der Waals surface area contributed by atoms with Gasteiger partial charge in [0.2, 0.25) is 0 Å². The van der Waals surface area contributed by atoms with Crippen LogP contribution in [0.15, 0.2) is 42.5 Å². The Morgan fingerprint density at radius 1 is 1.30 bits per heavy atom. The molecule has 0 bridgehead atoms. The Morgan fingerprint density at radius 3 is 2.65 bits per heavy atom. The third-order valence-corrected chi connectivity index (χ3v) is 4.12. The van der Waals surface area contributed by atoms with Gasteiger partial charge in [-0.1, -0.05) is 42.5 Å². The van der Waals surface area contributed by atoms with E-state index in [1.807, 2.05) is 42.5 Å². The van der Waals surface area contributed by atoms with E-state index in [4.69, 9.17) is 14.6 Å². The third kappa shape index (κ3) is 4.93. The first-order valence-corrected chi connectivity index (χ1v) is 7.72. The fourth-order valence-electron chi connectivity index (χ4n) is 2.74. The molecule has 5 nitrogen and oxygen atoms in total. The molecule has 0 saturated carbocycles. The Labute approximate surface area is 135 Å². The molecule has 23 heavy (non-hydrogen) atoms. The van der Waals surface area contributed by atoms with Gasteiger partial charge in [0.25, 0.3) is 0 Å². The van der Waals surface area contributed by atoms with Crippen LogP contribution in [0.5, 0.6) is 0 Å². The summed E-state index contributed by atoms with van der Waals surface area (Å²) in [6, 6.07) is 9.86. The molecule has 0 aliphatic heterocycles. The van der Waals surface area contributed by atoms with Crippen LogP contribution in [0.1, 0.15) is 31.7 Å². The zero-order chi connectivity index (χ0) is 16.7. The number of carboxylic acid groups (broad SMARTS) is 1. The first kappa shape index (κ1) is 17.2. The van der Waals surface area contributed by atoms with E-state index in [0.29, 0.717) is 13.2 Å². The van der Waals surface area contributed by atoms with Crippen LogP contribution in [0, 0.1) is 5.41 Å². The number of hydrogen-bond donors (Lipinski definition) is 1. The summed E-state index contributed by atoms with van der Waals surface area (Å²) in [5, 5.41) is 8.65. The van der Waals surface area contributed by atoms with Crippen LogP contribution in [0.25, 0.3) is 0 Å². The molecule has 1 N–H and O–H groups in total. The largest absolute Gasteiger partial charge is 0.481 e. The third-order valence-electron chi connectivity index (χ3n) is 4.12. The lowest BCUT2D eigenvalue weighted by molar-refractivity contribution is -0.160. The van der Waals surface area contributed by atoms with Crippen molar-refractivity contribution in [2.45, 2.75) is 38.9 Å². The molecule has 0 heterocycles. The molecule has 2 atom stereocenters. The second kappa shape index (κ2) is 7.92. The quantitative estimate of drug-likeness (QED) is 0.453. The maximum Gasteiger partial charge on any atom is 0.317 e. The topological polar surface area (TPSA) is 72.8 Å². The Balaban J connectivity index is 1.91. The van der Waals surface area contributed by atoms with E-state index in [0.717, 1.165) is 18.4 Å². The van der Waals surface area contributed by atoms with Crippen molar-refractivity contribution < 1.29 is 24.2 Å². The molecule has 2 rings (SSSR count). The van der Waals surface area contributed by atoms with Gasteiger partial charge in [0, 0.05) is 5.41 Å². The average Bonchev–Trinajstić information content (AvgIpc) is 2.97. The number of aliphatic carboxylic acids is 1. The lowest BCUT2D eigenvalue weighted by Crippen LogP contribution is -2.38. The Kier molecular flexibility index (Phi) is 5.93. The van der Waals surface area contributed by atoms with E-state index in [2.05, 4.69) is 0 Å². The smallest absolute Gasteiger partial charge is 0.317 e. The van der Waals surface area contributed by atoms with E-state index in [-0.39, 0.29) is 5.41 Å². The molecule has 0 amide bonds. The minimum absolute atomic E-state index is 0.386. The van der Waals surface area contributed by atoms with Crippen molar-refractivity contribution in [2.24, 2.45) is 5.41 Å². The molecule has 1 aliphatic rings. The number of hydrogen-bond acceptors (Lipinski definition) is 4. The predicted molar refractivity (Wildman–Crippen MR) is 84.7 cm³/mol. The summed E-state index contributed by atoms with van der Waals surface area (Å²) in [5.41, 5.74) is 0.698. The molecule has 1 aromatic rings. The van der Waals surface area contributed by atoms with Gasteiger partial charge in [-0.15, -0.1) is 0 Å². The highest BCUT2D eigenvalue weighted by Crippen LogP contribution is 2.37. The van der Waals surface area contributed by atoms with E-state index >= 15 is 0 Å². The summed E-state index contributed by atoms with van der Waals surface area (Å²) in [4.78, 5) is 22.2. The number of carboxylic acids is 1. The standard InChI is InChI=1S/C18H22O5/c1-14(23-17(21)11-16(19)20)18(9-5-6-10-18)13-22-12-15-7-3-2-4-8-15/h2-5,7-9,14H,6,10-13H2,1H3,(H,19,20). The van der Waals surface area contributed by atoms with Gasteiger partial charge in [0.15, 0.2) is 0 Å². The van der Waals surface area contributed by atoms with Crippen LogP contribution >= 0.6 is 0 Å². The molecule has 0 fully saturated rings. The predicted octanol–water partition coefficient (Wildman–Crippen LogP) is 2.95. The second-order valence-corrected chi connectivity index (χ2v) is 5.86. The van der Waals surface area contributed by atoms with Crippen LogP contribution in [-0.2, 0) is 25.7 Å². The number of carbonyl (C=O) groups is 2. The number of benzene rings is 1. The highest BCUT2D eigenvalue weighted by molar-refractivity contribution is 5.90. The molecule has 0 spiro atoms. The highest BCUT2D eigenvalue weighted by Gasteiger charge is 2.38. The number of carbonyl (C=O) groups excluding carboxylic acids is 1. The van der Waals surface area contributed by atoms with Gasteiger partial charge in [0.05, 0.1) is 13.2 Å². The van der Waals surface area contributed by atoms with Gasteiger partial charge in [-0.3, -0.25) is 9.59 Å². The fourth-order valence-corrected chi connectivity index (χ4v) is 2.74. The van der Waals surface area contributed by atoms with Gasteiger partial charge < -0.3 is 14.6 Å². The minimum Gasteiger partial charge on any atom is -0.481 e. The van der Waals surface area contributed by atoms with E-state index in [9.17, 15) is 9.59 Å². The summed E-state index contributed by atoms with van der Waals surface area (Å²) < 4.78 is 11.1. The van der Waals surface area contributed by atoms with E-state index in [1.54, 1.807) is 6.92 Å². The summed E-state index contributed by atoms with van der Waals surface area (Å²) in [7, 11) is 0. The van der Waals surface area contributed by atoms with Gasteiger partial charge in [-0.2, -0.15) is 0 Å². The van der Waals surface area contributed by atoms with Crippen molar-refractivity contribution >= 4 is 11.9 Å². The van der Waals surface area contributed by atoms with Crippen molar-refractivity contribution in [3.05, 3.63) is 48.0 Å². The molecule has 1 aliphatic carbocycles. The Hall–Kier alpha value is -2.14. The zero-order valence-corrected chi connectivity index (χ0v) is 13.2. The first-order valence-electron chi connectivity index (χ1n) is 7.72. The summed E-state index contributed by atoms with van der Waals surface area (Å²) >= 11 is 0. The van der Waals surface area contributed by atoms with Crippen LogP contribution in [-0.4, -0.2) is 29.8 Å². The molecule has 0 saturated heterocycles. The van der Waals surface area contributed by atoms with Gasteiger partial charge in [-0.05, 0) is 25.3 Å². The SMILES string of the molecule is CC(OC(=O)CC(=O)O)C1(COCc2ccccc2)C=CCC1. The van der Waals surface area contributed by atoms with Crippen molar-refractivity contribution in [3.8, 4) is 0 Å². The normalized spacial score (nSPS) is 21.1. The number of rotatable bonds is 8. The van der Waals surface area contributed by atoms with Gasteiger partial charge in [0.1, 0.15) is 12.5 Å². The van der Waals surface area contributed by atoms with Crippen molar-refractivity contribution in [3.63, 3.8) is 0 Å². The van der Waals surface area contributed by atoms with E-state index < -0.39 is 24.5 Å². The fraction of sp³-hybridized carbons (Fsp3) is 0.444. The molecule has 0 aromatic heterocycles. The van der Waals surface area contributed by atoms with Gasteiger partial charge >= 0.3 is 11.9 Å². The minimum atomic E-state index is -1.18. The number of ether oxygens (including phenoxy) is 2. The molecular formula is C18H22O5. The number of esters is 1. The average molecular weight is 318 g/mol. The summed E-state index contributed by atoms with van der Waals surface area (Å²) in [5.74, 6) is -1.90. The summed E-state index contributed by atoms with van der Waals surface area (Å²) in [6.45, 7) is 2.72. The van der Waals surface area contributed by atoms with Crippen molar-refractivity contribution in [1.82, 2.24) is 0 Å². The lowest BCUT2D eigenvalue weighted by Gasteiger charge is -2.33. The maximum atomic E-state index is 11.6. The molecule has 124 valence electrons. The van der Waals surface area contributed by atoms with Crippen LogP contribution in [0.4, 0.5) is 0 Å². The second-order valence-electron chi connectivity index (χ2n) is 5.86. The van der Waals surface area contributed by atoms with Crippen LogP contribution in [0.3, 0.4) is 0 Å². The van der Waals surface area contributed by atoms with Crippen molar-refractivity contribution in [1.29, 1.82) is 0 Å².